The third kappa shape index (κ3) is 6.23. The molecule has 1 aromatic heterocycles. The van der Waals surface area contributed by atoms with Crippen LogP contribution in [0.4, 0.5) is 15.8 Å². The summed E-state index contributed by atoms with van der Waals surface area (Å²) in [5, 5.41) is 3.90. The molecule has 1 saturated heterocycles. The lowest BCUT2D eigenvalue weighted by Crippen LogP contribution is -2.36. The summed E-state index contributed by atoms with van der Waals surface area (Å²) in [6, 6.07) is 26.9. The molecule has 2 heterocycles. The van der Waals surface area contributed by atoms with E-state index in [1.807, 2.05) is 24.3 Å². The zero-order valence-corrected chi connectivity index (χ0v) is 23.6. The third-order valence-electron chi connectivity index (χ3n) is 6.76. The number of ketones is 1. The van der Waals surface area contributed by atoms with Gasteiger partial charge in [-0.15, -0.1) is 11.3 Å². The highest BCUT2D eigenvalue weighted by molar-refractivity contribution is 7.18. The number of amides is 2. The number of carbonyl (C=O) groups is 3. The topological polar surface area (TPSA) is 91.9 Å². The summed E-state index contributed by atoms with van der Waals surface area (Å²) in [5.74, 6) is -1.39. The number of thiazole rings is 1. The van der Waals surface area contributed by atoms with Crippen LogP contribution in [0.2, 0.25) is 5.02 Å². The number of hydrogen-bond donors (Lipinski definition) is 1. The van der Waals surface area contributed by atoms with Crippen molar-refractivity contribution >= 4 is 62.1 Å². The highest BCUT2D eigenvalue weighted by Crippen LogP contribution is 2.30. The molecule has 6 rings (SSSR count). The zero-order valence-electron chi connectivity index (χ0n) is 22.0. The summed E-state index contributed by atoms with van der Waals surface area (Å²) in [6.45, 7) is 0.112. The van der Waals surface area contributed by atoms with E-state index in [2.05, 4.69) is 10.3 Å². The minimum atomic E-state index is -0.995. The van der Waals surface area contributed by atoms with Crippen LogP contribution in [0, 0.1) is 5.82 Å². The molecule has 4 aromatic carbocycles. The van der Waals surface area contributed by atoms with E-state index < -0.39 is 29.8 Å². The van der Waals surface area contributed by atoms with Gasteiger partial charge in [0.2, 0.25) is 0 Å². The van der Waals surface area contributed by atoms with Gasteiger partial charge < -0.3 is 15.0 Å². The predicted octanol–water partition coefficient (Wildman–Crippen LogP) is 6.45. The Hall–Kier alpha value is -4.44. The number of aromatic nitrogens is 1. The number of rotatable bonds is 9. The molecule has 210 valence electrons. The van der Waals surface area contributed by atoms with E-state index in [1.165, 1.54) is 28.4 Å². The molecule has 1 N–H and O–H groups in total. The van der Waals surface area contributed by atoms with Gasteiger partial charge in [-0.3, -0.25) is 14.4 Å². The lowest BCUT2D eigenvalue weighted by atomic mass is 10.1. The maximum absolute atomic E-state index is 13.6. The number of benzene rings is 4. The summed E-state index contributed by atoms with van der Waals surface area (Å²) in [6.07, 6.45) is -1.80. The van der Waals surface area contributed by atoms with Crippen LogP contribution < -0.4 is 10.2 Å². The monoisotopic (exact) mass is 599 g/mol. The van der Waals surface area contributed by atoms with E-state index in [-0.39, 0.29) is 18.7 Å². The number of Topliss-reactive ketones (excluding diaryl/α,β-unsaturated/α-hetero) is 1. The average molecular weight is 600 g/mol. The van der Waals surface area contributed by atoms with E-state index >= 15 is 0 Å². The average Bonchev–Trinajstić information content (AvgIpc) is 3.69. The Morgan fingerprint density at radius 2 is 1.69 bits per heavy atom. The molecular weight excluding hydrogens is 577 g/mol. The first-order valence-electron chi connectivity index (χ1n) is 13.1. The maximum Gasteiger partial charge on any atom is 0.259 e. The smallest absolute Gasteiger partial charge is 0.259 e. The minimum Gasteiger partial charge on any atom is -0.349 e. The molecule has 5 aromatic rings. The summed E-state index contributed by atoms with van der Waals surface area (Å²) in [4.78, 5) is 45.4. The van der Waals surface area contributed by atoms with Gasteiger partial charge in [-0.1, -0.05) is 41.9 Å². The molecule has 0 saturated carbocycles. The van der Waals surface area contributed by atoms with Crippen molar-refractivity contribution in [3.05, 3.63) is 124 Å². The number of nitrogens with zero attached hydrogens (tertiary/aromatic N) is 2. The van der Waals surface area contributed by atoms with Crippen molar-refractivity contribution in [2.24, 2.45) is 0 Å². The first-order chi connectivity index (χ1) is 20.3. The molecule has 0 unspecified atom stereocenters. The van der Waals surface area contributed by atoms with Crippen LogP contribution in [0.5, 0.6) is 0 Å². The Bertz CT molecular complexity index is 1760. The van der Waals surface area contributed by atoms with Crippen LogP contribution in [0.25, 0.3) is 10.2 Å². The molecule has 1 fully saturated rings. The van der Waals surface area contributed by atoms with Crippen LogP contribution in [0.1, 0.15) is 20.9 Å². The number of anilines is 2. The standard InChI is InChI=1S/C32H23ClFN3O4S/c33-21-4-3-5-23(16-21)35-31(39)29-30(41-29)32(40)37(18-19-8-12-22(34)13-9-19)24-14-10-20(11-15-24)26(38)17-28-36-25-6-1-2-7-27(25)42-28/h1-16,29-30H,17-18H2,(H,35,39)/t29-,30-/m0/s1. The van der Waals surface area contributed by atoms with Crippen molar-refractivity contribution in [1.82, 2.24) is 4.98 Å². The Kier molecular flexibility index (Phi) is 7.80. The van der Waals surface area contributed by atoms with Crippen LogP contribution in [0.15, 0.2) is 97.1 Å². The number of halogens is 2. The summed E-state index contributed by atoms with van der Waals surface area (Å²) >= 11 is 7.48. The van der Waals surface area contributed by atoms with Crippen LogP contribution in [0.3, 0.4) is 0 Å². The van der Waals surface area contributed by atoms with Gasteiger partial charge in [-0.25, -0.2) is 9.37 Å². The quantitative estimate of drug-likeness (QED) is 0.155. The number of ether oxygens (including phenoxy) is 1. The van der Waals surface area contributed by atoms with Gasteiger partial charge in [0.1, 0.15) is 10.8 Å². The van der Waals surface area contributed by atoms with Crippen molar-refractivity contribution in [2.45, 2.75) is 25.2 Å². The molecule has 42 heavy (non-hydrogen) atoms. The fourth-order valence-corrected chi connectivity index (χ4v) is 5.72. The predicted molar refractivity (Wildman–Crippen MR) is 160 cm³/mol. The first-order valence-corrected chi connectivity index (χ1v) is 14.3. The molecule has 1 aliphatic heterocycles. The van der Waals surface area contributed by atoms with Gasteiger partial charge in [-0.2, -0.15) is 0 Å². The van der Waals surface area contributed by atoms with E-state index in [0.29, 0.717) is 27.5 Å². The summed E-state index contributed by atoms with van der Waals surface area (Å²) in [7, 11) is 0. The second-order valence-corrected chi connectivity index (χ2v) is 11.3. The van der Waals surface area contributed by atoms with Crippen molar-refractivity contribution in [2.75, 3.05) is 10.2 Å². The highest BCUT2D eigenvalue weighted by atomic mass is 35.5. The molecule has 10 heteroatoms. The van der Waals surface area contributed by atoms with E-state index in [0.717, 1.165) is 15.2 Å². The number of hydrogen-bond acceptors (Lipinski definition) is 6. The Morgan fingerprint density at radius 1 is 0.929 bits per heavy atom. The zero-order chi connectivity index (χ0) is 29.2. The van der Waals surface area contributed by atoms with Gasteiger partial charge in [0.15, 0.2) is 18.0 Å². The lowest BCUT2D eigenvalue weighted by Gasteiger charge is -2.23. The third-order valence-corrected chi connectivity index (χ3v) is 8.03. The summed E-state index contributed by atoms with van der Waals surface area (Å²) in [5.41, 5.74) is 3.02. The van der Waals surface area contributed by atoms with Crippen LogP contribution in [-0.2, 0) is 27.3 Å². The molecule has 2 amide bonds. The molecule has 0 spiro atoms. The van der Waals surface area contributed by atoms with Gasteiger partial charge in [0.05, 0.1) is 23.2 Å². The molecule has 0 bridgehead atoms. The van der Waals surface area contributed by atoms with Gasteiger partial charge >= 0.3 is 0 Å². The largest absolute Gasteiger partial charge is 0.349 e. The molecule has 1 aliphatic rings. The maximum atomic E-state index is 13.6. The summed E-state index contributed by atoms with van der Waals surface area (Å²) < 4.78 is 20.1. The Labute approximate surface area is 249 Å². The lowest BCUT2D eigenvalue weighted by molar-refractivity contribution is -0.120. The van der Waals surface area contributed by atoms with E-state index in [9.17, 15) is 18.8 Å². The van der Waals surface area contributed by atoms with Crippen LogP contribution >= 0.6 is 22.9 Å². The minimum absolute atomic E-state index is 0.0970. The van der Waals surface area contributed by atoms with Crippen LogP contribution in [-0.4, -0.2) is 34.8 Å². The number of fused-ring (bicyclic) bond motifs is 1. The fraction of sp³-hybridized carbons (Fsp3) is 0.125. The molecular formula is C32H23ClFN3O4S. The van der Waals surface area contributed by atoms with Crippen molar-refractivity contribution in [3.63, 3.8) is 0 Å². The Morgan fingerprint density at radius 3 is 2.43 bits per heavy atom. The van der Waals surface area contributed by atoms with E-state index in [1.54, 1.807) is 60.7 Å². The fourth-order valence-electron chi connectivity index (χ4n) is 4.56. The molecule has 2 atom stereocenters. The normalized spacial score (nSPS) is 15.8. The number of nitrogens with one attached hydrogen (secondary N) is 1. The number of carbonyl (C=O) groups excluding carboxylic acids is 3. The van der Waals surface area contributed by atoms with Gasteiger partial charge in [0, 0.05) is 22.0 Å². The van der Waals surface area contributed by atoms with Gasteiger partial charge in [-0.05, 0) is 72.3 Å². The number of epoxide rings is 1. The van der Waals surface area contributed by atoms with Crippen molar-refractivity contribution in [3.8, 4) is 0 Å². The SMILES string of the molecule is O=C(Cc1nc2ccccc2s1)c1ccc(N(Cc2ccc(F)cc2)C(=O)[C@H]2O[C@@H]2C(=O)Nc2cccc(Cl)c2)cc1. The highest BCUT2D eigenvalue weighted by Gasteiger charge is 2.52. The molecule has 0 radical (unpaired) electrons. The van der Waals surface area contributed by atoms with Crippen molar-refractivity contribution < 1.29 is 23.5 Å². The number of para-hydroxylation sites is 1. The van der Waals surface area contributed by atoms with E-state index in [4.69, 9.17) is 16.3 Å². The Balaban J connectivity index is 1.18. The van der Waals surface area contributed by atoms with Gasteiger partial charge in [0.25, 0.3) is 11.8 Å². The second-order valence-electron chi connectivity index (χ2n) is 9.75. The first kappa shape index (κ1) is 27.7. The van der Waals surface area contributed by atoms with Crippen molar-refractivity contribution in [1.29, 1.82) is 0 Å². The molecule has 0 aliphatic carbocycles. The second kappa shape index (κ2) is 11.8. The molecule has 7 nitrogen and oxygen atoms in total.